The van der Waals surface area contributed by atoms with Crippen LogP contribution in [0.5, 0.6) is 5.75 Å². The molecule has 0 amide bonds. The summed E-state index contributed by atoms with van der Waals surface area (Å²) in [6.45, 7) is 1.82. The van der Waals surface area contributed by atoms with Gasteiger partial charge in [0, 0.05) is 38.3 Å². The molecule has 36 heavy (non-hydrogen) atoms. The average Bonchev–Trinajstić information content (AvgIpc) is 3.33. The minimum absolute atomic E-state index is 0.230. The number of rotatable bonds is 7. The fourth-order valence-corrected chi connectivity index (χ4v) is 5.73. The molecule has 10 nitrogen and oxygen atoms in total. The molecule has 0 saturated carbocycles. The number of hydrogen-bond donors (Lipinski definition) is 0. The Labute approximate surface area is 214 Å². The van der Waals surface area contributed by atoms with E-state index in [0.29, 0.717) is 48.5 Å². The van der Waals surface area contributed by atoms with Crippen LogP contribution in [0.4, 0.5) is 5.82 Å². The quantitative estimate of drug-likeness (QED) is 0.360. The van der Waals surface area contributed by atoms with Crippen molar-refractivity contribution in [3.63, 3.8) is 0 Å². The van der Waals surface area contributed by atoms with E-state index in [4.69, 9.17) is 26.1 Å². The molecule has 0 unspecified atom stereocenters. The van der Waals surface area contributed by atoms with Gasteiger partial charge in [-0.2, -0.15) is 9.40 Å². The third-order valence-electron chi connectivity index (χ3n) is 6.03. The molecular formula is C24H25ClN6O4S. The van der Waals surface area contributed by atoms with Crippen LogP contribution in [0.15, 0.2) is 59.6 Å². The maximum Gasteiger partial charge on any atom is 0.243 e. The van der Waals surface area contributed by atoms with Crippen molar-refractivity contribution in [3.8, 4) is 11.4 Å². The summed E-state index contributed by atoms with van der Waals surface area (Å²) in [6, 6.07) is 13.8. The largest absolute Gasteiger partial charge is 0.497 e. The minimum Gasteiger partial charge on any atom is -0.497 e. The third-order valence-corrected chi connectivity index (χ3v) is 8.20. The Bertz CT molecular complexity index is 1470. The Morgan fingerprint density at radius 2 is 1.64 bits per heavy atom. The van der Waals surface area contributed by atoms with Crippen LogP contribution in [-0.2, 0) is 21.4 Å². The van der Waals surface area contributed by atoms with Crippen LogP contribution in [0.3, 0.4) is 0 Å². The van der Waals surface area contributed by atoms with Crippen molar-refractivity contribution in [3.05, 3.63) is 65.6 Å². The van der Waals surface area contributed by atoms with E-state index in [1.165, 1.54) is 16.4 Å². The number of nitrogens with zero attached hydrogens (tertiary/aromatic N) is 6. The van der Waals surface area contributed by atoms with Crippen LogP contribution in [0.2, 0.25) is 5.02 Å². The molecule has 188 valence electrons. The fraction of sp³-hybridized carbons (Fsp3) is 0.292. The van der Waals surface area contributed by atoms with E-state index in [1.807, 2.05) is 24.3 Å². The van der Waals surface area contributed by atoms with Gasteiger partial charge in [0.1, 0.15) is 18.2 Å². The molecule has 1 aliphatic rings. The summed E-state index contributed by atoms with van der Waals surface area (Å²) in [6.07, 6.45) is 1.74. The van der Waals surface area contributed by atoms with Crippen molar-refractivity contribution in [2.75, 3.05) is 45.3 Å². The van der Waals surface area contributed by atoms with Crippen molar-refractivity contribution in [1.82, 2.24) is 24.1 Å². The molecule has 4 aromatic rings. The molecule has 3 heterocycles. The number of fused-ring (bicyclic) bond motifs is 1. The summed E-state index contributed by atoms with van der Waals surface area (Å²) in [4.78, 5) is 11.7. The smallest absolute Gasteiger partial charge is 0.243 e. The molecule has 1 aliphatic heterocycles. The van der Waals surface area contributed by atoms with E-state index in [0.717, 1.165) is 16.8 Å². The number of ether oxygens (including phenoxy) is 2. The number of sulfonamides is 1. The normalized spacial score (nSPS) is 14.9. The summed E-state index contributed by atoms with van der Waals surface area (Å²) in [5.41, 5.74) is 1.48. The predicted octanol–water partition coefficient (Wildman–Crippen LogP) is 3.13. The lowest BCUT2D eigenvalue weighted by molar-refractivity contribution is 0.178. The number of aromatic nitrogens is 4. The highest BCUT2D eigenvalue weighted by Crippen LogP contribution is 2.28. The van der Waals surface area contributed by atoms with Crippen LogP contribution in [0.1, 0.15) is 5.82 Å². The van der Waals surface area contributed by atoms with Crippen LogP contribution in [0, 0.1) is 0 Å². The topological polar surface area (TPSA) is 103 Å². The molecule has 5 rings (SSSR count). The van der Waals surface area contributed by atoms with Gasteiger partial charge >= 0.3 is 0 Å². The average molecular weight is 529 g/mol. The first-order valence-electron chi connectivity index (χ1n) is 11.3. The third kappa shape index (κ3) is 4.62. The zero-order chi connectivity index (χ0) is 25.3. The zero-order valence-electron chi connectivity index (χ0n) is 19.8. The molecule has 2 aromatic carbocycles. The van der Waals surface area contributed by atoms with Gasteiger partial charge in [0.2, 0.25) is 10.0 Å². The number of piperazine rings is 1. The van der Waals surface area contributed by atoms with Crippen LogP contribution >= 0.6 is 11.6 Å². The summed E-state index contributed by atoms with van der Waals surface area (Å²) in [7, 11) is -0.401. The molecule has 1 fully saturated rings. The first-order valence-corrected chi connectivity index (χ1v) is 13.1. The summed E-state index contributed by atoms with van der Waals surface area (Å²) < 4.78 is 40.0. The maximum absolute atomic E-state index is 13.1. The molecule has 2 aromatic heterocycles. The molecule has 0 aliphatic carbocycles. The summed E-state index contributed by atoms with van der Waals surface area (Å²) in [5, 5.41) is 5.84. The first-order chi connectivity index (χ1) is 17.4. The minimum atomic E-state index is -3.61. The van der Waals surface area contributed by atoms with Gasteiger partial charge in [0.05, 0.1) is 29.3 Å². The van der Waals surface area contributed by atoms with Gasteiger partial charge in [-0.3, -0.25) is 0 Å². The Morgan fingerprint density at radius 1 is 0.944 bits per heavy atom. The van der Waals surface area contributed by atoms with E-state index in [2.05, 4.69) is 15.0 Å². The van der Waals surface area contributed by atoms with Crippen molar-refractivity contribution >= 4 is 38.5 Å². The van der Waals surface area contributed by atoms with Gasteiger partial charge in [0.15, 0.2) is 11.5 Å². The van der Waals surface area contributed by atoms with Crippen molar-refractivity contribution < 1.29 is 17.9 Å². The highest BCUT2D eigenvalue weighted by Gasteiger charge is 2.30. The molecule has 0 radical (unpaired) electrons. The maximum atomic E-state index is 13.1. The number of methoxy groups -OCH3 is 2. The zero-order valence-corrected chi connectivity index (χ0v) is 21.4. The second kappa shape index (κ2) is 10.0. The molecule has 1 saturated heterocycles. The monoisotopic (exact) mass is 528 g/mol. The molecular weight excluding hydrogens is 504 g/mol. The Kier molecular flexibility index (Phi) is 6.80. The van der Waals surface area contributed by atoms with Gasteiger partial charge in [-0.05, 0) is 48.5 Å². The van der Waals surface area contributed by atoms with Gasteiger partial charge in [0.25, 0.3) is 0 Å². The van der Waals surface area contributed by atoms with E-state index in [9.17, 15) is 8.42 Å². The Balaban J connectivity index is 1.44. The number of anilines is 1. The SMILES string of the molecule is COCc1nc(N2CCN(S(=O)(=O)c3ccc(Cl)cc3)CC2)c2cnn(-c3ccc(OC)cc3)c2n1. The lowest BCUT2D eigenvalue weighted by Gasteiger charge is -2.35. The van der Waals surface area contributed by atoms with Crippen molar-refractivity contribution in [2.24, 2.45) is 0 Å². The summed E-state index contributed by atoms with van der Waals surface area (Å²) in [5.74, 6) is 1.97. The molecule has 12 heteroatoms. The Hall–Kier alpha value is -3.25. The van der Waals surface area contributed by atoms with E-state index in [-0.39, 0.29) is 11.5 Å². The molecule has 0 N–H and O–H groups in total. The van der Waals surface area contributed by atoms with Crippen LogP contribution in [0.25, 0.3) is 16.7 Å². The Morgan fingerprint density at radius 3 is 2.28 bits per heavy atom. The van der Waals surface area contributed by atoms with Gasteiger partial charge in [-0.25, -0.2) is 23.1 Å². The molecule has 0 atom stereocenters. The second-order valence-corrected chi connectivity index (χ2v) is 10.6. The number of benzene rings is 2. The van der Waals surface area contributed by atoms with E-state index >= 15 is 0 Å². The van der Waals surface area contributed by atoms with E-state index in [1.54, 1.807) is 37.2 Å². The standard InChI is InChI=1S/C24H25ClN6O4S/c1-34-16-22-27-23(21-15-26-31(24(21)28-22)18-5-7-19(35-2)8-6-18)29-11-13-30(14-12-29)36(32,33)20-9-3-17(25)4-10-20/h3-10,15H,11-14,16H2,1-2H3. The van der Waals surface area contributed by atoms with Gasteiger partial charge < -0.3 is 14.4 Å². The van der Waals surface area contributed by atoms with E-state index < -0.39 is 10.0 Å². The van der Waals surface area contributed by atoms with Gasteiger partial charge in [-0.15, -0.1) is 0 Å². The second-order valence-electron chi connectivity index (χ2n) is 8.23. The van der Waals surface area contributed by atoms with Gasteiger partial charge in [-0.1, -0.05) is 11.6 Å². The molecule has 0 bridgehead atoms. The highest BCUT2D eigenvalue weighted by atomic mass is 35.5. The lowest BCUT2D eigenvalue weighted by Crippen LogP contribution is -2.49. The lowest BCUT2D eigenvalue weighted by atomic mass is 10.3. The molecule has 0 spiro atoms. The first kappa shape index (κ1) is 24.4. The highest BCUT2D eigenvalue weighted by molar-refractivity contribution is 7.89. The van der Waals surface area contributed by atoms with Crippen LogP contribution in [-0.4, -0.2) is 72.9 Å². The number of hydrogen-bond acceptors (Lipinski definition) is 8. The van der Waals surface area contributed by atoms with Crippen LogP contribution < -0.4 is 9.64 Å². The van der Waals surface area contributed by atoms with Crippen molar-refractivity contribution in [2.45, 2.75) is 11.5 Å². The summed E-state index contributed by atoms with van der Waals surface area (Å²) >= 11 is 5.92. The fourth-order valence-electron chi connectivity index (χ4n) is 4.18. The predicted molar refractivity (Wildman–Crippen MR) is 136 cm³/mol. The van der Waals surface area contributed by atoms with Crippen molar-refractivity contribution in [1.29, 1.82) is 0 Å². The number of halogens is 1.